The minimum absolute atomic E-state index is 0.00196. The Morgan fingerprint density at radius 2 is 1.14 bits per heavy atom. The Hall–Kier alpha value is -8.51. The third-order valence-electron chi connectivity index (χ3n) is 19.1. The van der Waals surface area contributed by atoms with Crippen LogP contribution in [0.25, 0.3) is 60.7 Å². The Labute approximate surface area is 536 Å². The van der Waals surface area contributed by atoms with Gasteiger partial charge in [-0.1, -0.05) is 261 Å². The van der Waals surface area contributed by atoms with Crippen LogP contribution in [0.15, 0.2) is 255 Å². The van der Waals surface area contributed by atoms with E-state index < -0.39 is 0 Å². The number of benzene rings is 11. The molecule has 11 aromatic rings. The molecule has 13 rings (SSSR count). The van der Waals surface area contributed by atoms with Gasteiger partial charge in [-0.25, -0.2) is 0 Å². The quantitative estimate of drug-likeness (QED) is 0.0723. The van der Waals surface area contributed by atoms with Crippen molar-refractivity contribution >= 4 is 101 Å². The van der Waals surface area contributed by atoms with E-state index in [0.717, 1.165) is 40.3 Å². The minimum atomic E-state index is -0.317. The Kier molecular flexibility index (Phi) is 15.0. The second-order valence-corrected chi connectivity index (χ2v) is 29.4. The third-order valence-corrected chi connectivity index (χ3v) is 20.3. The standard InChI is InChI=1S/C85H79IN2/c1-13-57(51-79-56(3)72-29-21-22-30-77(72)84(79,10)11)80-73-47-45-71(88(67-43-37-64(38-44-67)83(7,8)9)69-40-34-59-24-18-20-26-61(59)50-69)54-76(73)81(62-32-31-55(2)78(52-62)85(12,86)65-27-15-14-16-28-65)74-48-46-70(53-75(74)80)87(66-41-35-63(36-42-66)82(4,5)6)68-39-33-58-23-17-19-25-60(58)49-68/h13-48,50-54,68H,3,49H2,1-2,4-12H3/b57-13+,79-51+. The summed E-state index contributed by atoms with van der Waals surface area (Å²) in [5.74, 6) is 0. The number of allylic oxidation sites excluding steroid dienone is 5. The molecule has 2 unspecified atom stereocenters. The summed E-state index contributed by atoms with van der Waals surface area (Å²) < 4.78 is -0.317. The summed E-state index contributed by atoms with van der Waals surface area (Å²) >= 11 is 2.70. The van der Waals surface area contributed by atoms with E-state index in [0.29, 0.717) is 0 Å². The number of aryl methyl sites for hydroxylation is 1. The van der Waals surface area contributed by atoms with E-state index >= 15 is 0 Å². The van der Waals surface area contributed by atoms with Crippen molar-refractivity contribution in [2.45, 2.75) is 108 Å². The number of halogens is 1. The summed E-state index contributed by atoms with van der Waals surface area (Å²) in [6.45, 7) is 30.2. The molecule has 0 heterocycles. The van der Waals surface area contributed by atoms with Gasteiger partial charge in [0.2, 0.25) is 0 Å². The SMILES string of the molecule is C=C1/C(=C\C(=C/C)c2c3cc(N(c4ccc(C(C)(C)C)cc4)C4C=Cc5ccccc5C4)ccc3c(-c3ccc(C)c(C(C)(I)c4ccccc4)c3)c3cc(N(c4ccc(C(C)(C)C)cc4)c4ccc5ccccc5c4)ccc23)C(C)(C)c2ccccc21. The lowest BCUT2D eigenvalue weighted by molar-refractivity contribution is 0.590. The first-order chi connectivity index (χ1) is 42.2. The molecule has 0 fully saturated rings. The largest absolute Gasteiger partial charge is 0.334 e. The average molecular weight is 1260 g/mol. The molecule has 0 saturated heterocycles. The number of nitrogens with zero attached hydrogens (tertiary/aromatic N) is 2. The maximum atomic E-state index is 4.86. The highest BCUT2D eigenvalue weighted by Crippen LogP contribution is 2.53. The van der Waals surface area contributed by atoms with E-state index in [-0.39, 0.29) is 25.7 Å². The van der Waals surface area contributed by atoms with Crippen LogP contribution in [0.4, 0.5) is 28.4 Å². The normalized spacial score (nSPS) is 16.0. The van der Waals surface area contributed by atoms with Gasteiger partial charge in [0, 0.05) is 33.9 Å². The van der Waals surface area contributed by atoms with Crippen molar-refractivity contribution in [1.82, 2.24) is 0 Å². The Morgan fingerprint density at radius 1 is 0.545 bits per heavy atom. The summed E-state index contributed by atoms with van der Waals surface area (Å²) in [4.78, 5) is 5.06. The summed E-state index contributed by atoms with van der Waals surface area (Å²) in [7, 11) is 0. The summed E-state index contributed by atoms with van der Waals surface area (Å²) in [6.07, 6.45) is 10.5. The van der Waals surface area contributed by atoms with Crippen molar-refractivity contribution in [3.8, 4) is 11.1 Å². The van der Waals surface area contributed by atoms with Crippen LogP contribution >= 0.6 is 22.6 Å². The molecule has 0 amide bonds. The minimum Gasteiger partial charge on any atom is -0.334 e. The molecule has 436 valence electrons. The van der Waals surface area contributed by atoms with Gasteiger partial charge in [0.1, 0.15) is 0 Å². The van der Waals surface area contributed by atoms with E-state index in [1.54, 1.807) is 0 Å². The molecule has 0 bridgehead atoms. The molecule has 0 saturated carbocycles. The van der Waals surface area contributed by atoms with Crippen molar-refractivity contribution in [2.24, 2.45) is 0 Å². The van der Waals surface area contributed by atoms with Gasteiger partial charge in [0.05, 0.1) is 9.46 Å². The highest BCUT2D eigenvalue weighted by Gasteiger charge is 2.38. The van der Waals surface area contributed by atoms with Crippen LogP contribution in [0.3, 0.4) is 0 Å². The van der Waals surface area contributed by atoms with Gasteiger partial charge >= 0.3 is 0 Å². The predicted octanol–water partition coefficient (Wildman–Crippen LogP) is 24.0. The first-order valence-electron chi connectivity index (χ1n) is 31.3. The Bertz CT molecular complexity index is 4630. The van der Waals surface area contributed by atoms with Crippen LogP contribution in [0.2, 0.25) is 0 Å². The maximum absolute atomic E-state index is 4.86. The van der Waals surface area contributed by atoms with E-state index in [2.05, 4.69) is 357 Å². The van der Waals surface area contributed by atoms with Gasteiger partial charge in [0.15, 0.2) is 0 Å². The summed E-state index contributed by atoms with van der Waals surface area (Å²) in [5, 5.41) is 7.17. The molecule has 11 aromatic carbocycles. The van der Waals surface area contributed by atoms with Gasteiger partial charge in [-0.15, -0.1) is 0 Å². The monoisotopic (exact) mass is 1250 g/mol. The van der Waals surface area contributed by atoms with Crippen LogP contribution in [0.1, 0.15) is 125 Å². The van der Waals surface area contributed by atoms with E-state index in [1.165, 1.54) is 110 Å². The molecular formula is C85H79IN2. The fourth-order valence-corrected chi connectivity index (χ4v) is 15.0. The second kappa shape index (κ2) is 22.6. The molecule has 3 heteroatoms. The van der Waals surface area contributed by atoms with Gasteiger partial charge in [0.25, 0.3) is 0 Å². The fraction of sp³-hybridized carbons (Fsp3) is 0.200. The zero-order valence-electron chi connectivity index (χ0n) is 52.9. The number of fused-ring (bicyclic) bond motifs is 5. The molecule has 0 aromatic heterocycles. The van der Waals surface area contributed by atoms with E-state index in [1.807, 2.05) is 0 Å². The van der Waals surface area contributed by atoms with E-state index in [9.17, 15) is 0 Å². The number of hydrogen-bond donors (Lipinski definition) is 0. The molecule has 0 N–H and O–H groups in total. The fourth-order valence-electron chi connectivity index (χ4n) is 14.1. The van der Waals surface area contributed by atoms with Gasteiger partial charge in [-0.05, 0) is 227 Å². The smallest absolute Gasteiger partial charge is 0.0693 e. The molecule has 2 aliphatic carbocycles. The van der Waals surface area contributed by atoms with Gasteiger partial charge < -0.3 is 9.80 Å². The number of hydrogen-bond acceptors (Lipinski definition) is 2. The van der Waals surface area contributed by atoms with Crippen molar-refractivity contribution < 1.29 is 0 Å². The molecular weight excluding hydrogens is 1180 g/mol. The highest BCUT2D eigenvalue weighted by atomic mass is 127. The highest BCUT2D eigenvalue weighted by molar-refractivity contribution is 14.1. The van der Waals surface area contributed by atoms with Crippen LogP contribution in [0, 0.1) is 6.92 Å². The summed E-state index contributed by atoms with van der Waals surface area (Å²) in [6, 6.07) is 85.0. The van der Waals surface area contributed by atoms with Crippen molar-refractivity contribution in [3.63, 3.8) is 0 Å². The Morgan fingerprint density at radius 3 is 1.84 bits per heavy atom. The average Bonchev–Trinajstić information content (AvgIpc) is 0.949. The van der Waals surface area contributed by atoms with Crippen molar-refractivity contribution in [2.75, 3.05) is 9.80 Å². The lowest BCUT2D eigenvalue weighted by Gasteiger charge is -2.35. The molecule has 2 aliphatic rings. The molecule has 2 nitrogen and oxygen atoms in total. The van der Waals surface area contributed by atoms with Crippen LogP contribution in [-0.4, -0.2) is 6.04 Å². The third kappa shape index (κ3) is 10.5. The maximum Gasteiger partial charge on any atom is 0.0693 e. The van der Waals surface area contributed by atoms with Crippen LogP contribution < -0.4 is 9.80 Å². The number of rotatable bonds is 11. The topological polar surface area (TPSA) is 6.48 Å². The first kappa shape index (κ1) is 58.5. The van der Waals surface area contributed by atoms with Crippen molar-refractivity contribution in [1.29, 1.82) is 0 Å². The van der Waals surface area contributed by atoms with Crippen LogP contribution in [-0.2, 0) is 26.1 Å². The lowest BCUT2D eigenvalue weighted by Crippen LogP contribution is -2.33. The predicted molar refractivity (Wildman–Crippen MR) is 390 cm³/mol. The molecule has 0 spiro atoms. The lowest BCUT2D eigenvalue weighted by atomic mass is 9.79. The zero-order chi connectivity index (χ0) is 61.4. The molecule has 0 radical (unpaired) electrons. The molecule has 88 heavy (non-hydrogen) atoms. The number of alkyl halides is 1. The molecule has 0 aliphatic heterocycles. The Balaban J connectivity index is 1.14. The van der Waals surface area contributed by atoms with E-state index in [4.69, 9.17) is 6.58 Å². The van der Waals surface area contributed by atoms with Gasteiger partial charge in [-0.2, -0.15) is 0 Å². The summed E-state index contributed by atoms with van der Waals surface area (Å²) in [5.41, 5.74) is 24.0. The number of anilines is 5. The second-order valence-electron chi connectivity index (χ2n) is 27.2. The first-order valence-corrected chi connectivity index (χ1v) is 32.4. The molecule has 2 atom stereocenters. The zero-order valence-corrected chi connectivity index (χ0v) is 55.1. The van der Waals surface area contributed by atoms with Crippen molar-refractivity contribution in [3.05, 3.63) is 310 Å². The van der Waals surface area contributed by atoms with Crippen LogP contribution in [0.5, 0.6) is 0 Å². The van der Waals surface area contributed by atoms with Gasteiger partial charge in [-0.3, -0.25) is 0 Å².